The fraction of sp³-hybridized carbons (Fsp3) is 0.333. The number of benzene rings is 1. The summed E-state index contributed by atoms with van der Waals surface area (Å²) in [6.07, 6.45) is 4.95. The monoisotopic (exact) mass is 261 g/mol. The summed E-state index contributed by atoms with van der Waals surface area (Å²) in [4.78, 5) is 23.0. The minimum Gasteiger partial charge on any atom is -0.462 e. The average Bonchev–Trinajstić information content (AvgIpc) is 2.40. The van der Waals surface area contributed by atoms with Crippen LogP contribution in [0.1, 0.15) is 37.0 Å². The van der Waals surface area contributed by atoms with Crippen LogP contribution in [0.25, 0.3) is 0 Å². The molecule has 0 aromatic heterocycles. The number of ether oxygens (including phenoxy) is 1. The number of unbranched alkanes of at least 4 members (excludes halogenated alkanes) is 1. The van der Waals surface area contributed by atoms with Crippen molar-refractivity contribution in [3.63, 3.8) is 0 Å². The molecule has 0 spiro atoms. The van der Waals surface area contributed by atoms with Crippen molar-refractivity contribution in [3.8, 4) is 0 Å². The van der Waals surface area contributed by atoms with E-state index in [0.717, 1.165) is 12.8 Å². The third kappa shape index (κ3) is 5.38. The molecule has 0 aliphatic heterocycles. The van der Waals surface area contributed by atoms with Crippen LogP contribution in [-0.2, 0) is 9.53 Å². The zero-order chi connectivity index (χ0) is 14.1. The third-order valence-electron chi connectivity index (χ3n) is 2.44. The first kappa shape index (κ1) is 15.0. The Bertz CT molecular complexity index is 449. The fourth-order valence-electron chi connectivity index (χ4n) is 1.42. The van der Waals surface area contributed by atoms with E-state index in [9.17, 15) is 9.59 Å². The number of esters is 1. The number of hydrogen-bond acceptors (Lipinski definition) is 3. The number of allylic oxidation sites excluding steroid dienone is 1. The predicted octanol–water partition coefficient (Wildman–Crippen LogP) is 3.16. The first-order valence-corrected chi connectivity index (χ1v) is 6.38. The van der Waals surface area contributed by atoms with Gasteiger partial charge in [-0.3, -0.25) is 4.79 Å². The summed E-state index contributed by atoms with van der Waals surface area (Å²) in [5.41, 5.74) is 1.13. The maximum atomic E-state index is 11.6. The molecular formula is C15H19NO3. The summed E-state index contributed by atoms with van der Waals surface area (Å²) in [5.74, 6) is -0.527. The van der Waals surface area contributed by atoms with Crippen molar-refractivity contribution in [1.29, 1.82) is 0 Å². The Kier molecular flexibility index (Phi) is 6.36. The van der Waals surface area contributed by atoms with Gasteiger partial charge < -0.3 is 10.1 Å². The third-order valence-corrected chi connectivity index (χ3v) is 2.44. The second-order valence-electron chi connectivity index (χ2n) is 4.06. The van der Waals surface area contributed by atoms with Crippen molar-refractivity contribution >= 4 is 17.6 Å². The summed E-state index contributed by atoms with van der Waals surface area (Å²) in [5, 5.41) is 2.68. The van der Waals surface area contributed by atoms with Crippen molar-refractivity contribution in [1.82, 2.24) is 0 Å². The molecule has 1 amide bonds. The minimum atomic E-state index is -0.334. The summed E-state index contributed by atoms with van der Waals surface area (Å²) < 4.78 is 5.09. The van der Waals surface area contributed by atoms with Gasteiger partial charge >= 0.3 is 5.97 Å². The molecule has 0 unspecified atom stereocenters. The maximum absolute atomic E-state index is 11.6. The summed E-state index contributed by atoms with van der Waals surface area (Å²) in [6, 6.07) is 6.63. The highest BCUT2D eigenvalue weighted by atomic mass is 16.5. The molecule has 4 nitrogen and oxygen atoms in total. The van der Waals surface area contributed by atoms with Gasteiger partial charge in [-0.15, -0.1) is 0 Å². The van der Waals surface area contributed by atoms with Gasteiger partial charge in [0.1, 0.15) is 0 Å². The highest BCUT2D eigenvalue weighted by molar-refractivity contribution is 5.99. The Morgan fingerprint density at radius 3 is 2.53 bits per heavy atom. The lowest BCUT2D eigenvalue weighted by Gasteiger charge is -2.05. The molecule has 1 aromatic carbocycles. The van der Waals surface area contributed by atoms with E-state index in [4.69, 9.17) is 4.74 Å². The molecule has 1 aromatic rings. The molecule has 19 heavy (non-hydrogen) atoms. The predicted molar refractivity (Wildman–Crippen MR) is 75.1 cm³/mol. The van der Waals surface area contributed by atoms with Crippen LogP contribution < -0.4 is 5.32 Å². The smallest absolute Gasteiger partial charge is 0.338 e. The molecule has 0 atom stereocenters. The molecule has 102 valence electrons. The molecule has 0 saturated heterocycles. The normalized spacial score (nSPS) is 10.4. The number of nitrogens with one attached hydrogen (secondary N) is 1. The van der Waals surface area contributed by atoms with Gasteiger partial charge in [0.2, 0.25) is 5.91 Å². The van der Waals surface area contributed by atoms with E-state index in [1.54, 1.807) is 37.3 Å². The number of amides is 1. The zero-order valence-electron chi connectivity index (χ0n) is 11.3. The first-order valence-electron chi connectivity index (χ1n) is 6.38. The molecular weight excluding hydrogens is 242 g/mol. The van der Waals surface area contributed by atoms with Crippen LogP contribution in [0.4, 0.5) is 5.69 Å². The molecule has 1 rings (SSSR count). The molecule has 0 bridgehead atoms. The van der Waals surface area contributed by atoms with Crippen LogP contribution in [-0.4, -0.2) is 18.5 Å². The highest BCUT2D eigenvalue weighted by Crippen LogP contribution is 2.11. The van der Waals surface area contributed by atoms with Gasteiger partial charge in [0, 0.05) is 5.69 Å². The number of rotatable bonds is 6. The molecule has 0 saturated carbocycles. The van der Waals surface area contributed by atoms with E-state index in [-0.39, 0.29) is 11.9 Å². The van der Waals surface area contributed by atoms with Crippen molar-refractivity contribution in [2.45, 2.75) is 26.7 Å². The van der Waals surface area contributed by atoms with Gasteiger partial charge in [0.05, 0.1) is 12.2 Å². The lowest BCUT2D eigenvalue weighted by atomic mass is 10.2. The second-order valence-corrected chi connectivity index (χ2v) is 4.06. The second kappa shape index (κ2) is 8.08. The average molecular weight is 261 g/mol. The van der Waals surface area contributed by atoms with E-state index >= 15 is 0 Å². The van der Waals surface area contributed by atoms with Gasteiger partial charge in [0.25, 0.3) is 0 Å². The first-order chi connectivity index (χ1) is 9.17. The number of carbonyl (C=O) groups excluding carboxylic acids is 2. The quantitative estimate of drug-likeness (QED) is 0.486. The highest BCUT2D eigenvalue weighted by Gasteiger charge is 2.06. The Morgan fingerprint density at radius 1 is 1.26 bits per heavy atom. The molecule has 1 N–H and O–H groups in total. The van der Waals surface area contributed by atoms with Crippen LogP contribution in [0, 0.1) is 0 Å². The number of anilines is 1. The standard InChI is InChI=1S/C15H19NO3/c1-3-5-11-19-15(18)12-7-9-13(10-8-12)16-14(17)6-4-2/h4,6-10H,3,5,11H2,1-2H3,(H,16,17)/b6-4+. The number of hydrogen-bond donors (Lipinski definition) is 1. The van der Waals surface area contributed by atoms with E-state index in [1.807, 2.05) is 6.92 Å². The van der Waals surface area contributed by atoms with Crippen molar-refractivity contribution in [3.05, 3.63) is 42.0 Å². The van der Waals surface area contributed by atoms with Crippen LogP contribution >= 0.6 is 0 Å². The minimum absolute atomic E-state index is 0.194. The van der Waals surface area contributed by atoms with Crippen LogP contribution in [0.2, 0.25) is 0 Å². The summed E-state index contributed by atoms with van der Waals surface area (Å²) in [6.45, 7) is 4.25. The van der Waals surface area contributed by atoms with Crippen molar-refractivity contribution in [2.24, 2.45) is 0 Å². The summed E-state index contributed by atoms with van der Waals surface area (Å²) in [7, 11) is 0. The molecule has 0 radical (unpaired) electrons. The molecule has 0 aliphatic carbocycles. The Labute approximate surface area is 113 Å². The van der Waals surface area contributed by atoms with E-state index < -0.39 is 0 Å². The summed E-state index contributed by atoms with van der Waals surface area (Å²) >= 11 is 0. The molecule has 4 heteroatoms. The van der Waals surface area contributed by atoms with Crippen LogP contribution in [0.5, 0.6) is 0 Å². The van der Waals surface area contributed by atoms with Gasteiger partial charge in [-0.25, -0.2) is 4.79 Å². The molecule has 0 fully saturated rings. The fourth-order valence-corrected chi connectivity index (χ4v) is 1.42. The van der Waals surface area contributed by atoms with E-state index in [0.29, 0.717) is 17.9 Å². The lowest BCUT2D eigenvalue weighted by Crippen LogP contribution is -2.09. The van der Waals surface area contributed by atoms with Gasteiger partial charge in [-0.1, -0.05) is 19.4 Å². The Hall–Kier alpha value is -2.10. The van der Waals surface area contributed by atoms with Gasteiger partial charge in [-0.2, -0.15) is 0 Å². The number of carbonyl (C=O) groups is 2. The lowest BCUT2D eigenvalue weighted by molar-refractivity contribution is -0.111. The van der Waals surface area contributed by atoms with E-state index in [2.05, 4.69) is 5.32 Å². The van der Waals surface area contributed by atoms with E-state index in [1.165, 1.54) is 6.08 Å². The van der Waals surface area contributed by atoms with Crippen molar-refractivity contribution < 1.29 is 14.3 Å². The maximum Gasteiger partial charge on any atom is 0.338 e. The topological polar surface area (TPSA) is 55.4 Å². The van der Waals surface area contributed by atoms with Crippen molar-refractivity contribution in [2.75, 3.05) is 11.9 Å². The molecule has 0 aliphatic rings. The largest absolute Gasteiger partial charge is 0.462 e. The van der Waals surface area contributed by atoms with Crippen LogP contribution in [0.15, 0.2) is 36.4 Å². The Balaban J connectivity index is 2.55. The van der Waals surface area contributed by atoms with Gasteiger partial charge in [0.15, 0.2) is 0 Å². The Morgan fingerprint density at radius 2 is 1.95 bits per heavy atom. The van der Waals surface area contributed by atoms with Crippen LogP contribution in [0.3, 0.4) is 0 Å². The zero-order valence-corrected chi connectivity index (χ0v) is 11.3. The molecule has 0 heterocycles. The SMILES string of the molecule is C/C=C/C(=O)Nc1ccc(C(=O)OCCCC)cc1. The van der Waals surface area contributed by atoms with Gasteiger partial charge in [-0.05, 0) is 43.7 Å².